The Balaban J connectivity index is 1.96. The van der Waals surface area contributed by atoms with E-state index in [1.165, 1.54) is 32.0 Å². The van der Waals surface area contributed by atoms with Gasteiger partial charge in [-0.2, -0.15) is 0 Å². The van der Waals surface area contributed by atoms with Crippen LogP contribution in [0.3, 0.4) is 0 Å². The van der Waals surface area contributed by atoms with Gasteiger partial charge in [-0.3, -0.25) is 9.59 Å². The fraction of sp³-hybridized carbons (Fsp3) is 0.167. The first-order valence-corrected chi connectivity index (χ1v) is 7.25. The highest BCUT2D eigenvalue weighted by molar-refractivity contribution is 5.98. The Morgan fingerprint density at radius 1 is 1.04 bits per heavy atom. The number of nitrogens with one attached hydrogen (secondary N) is 1. The third-order valence-electron chi connectivity index (χ3n) is 3.27. The summed E-state index contributed by atoms with van der Waals surface area (Å²) in [6.45, 7) is 2.86. The van der Waals surface area contributed by atoms with Crippen LogP contribution in [0.25, 0.3) is 0 Å². The average molecular weight is 329 g/mol. The van der Waals surface area contributed by atoms with Crippen LogP contribution >= 0.6 is 0 Å². The van der Waals surface area contributed by atoms with E-state index in [1.54, 1.807) is 24.3 Å². The first-order valence-electron chi connectivity index (χ1n) is 7.25. The second-order valence-corrected chi connectivity index (χ2v) is 5.18. The Hall–Kier alpha value is -3.02. The van der Waals surface area contributed by atoms with Crippen molar-refractivity contribution < 1.29 is 23.5 Å². The molecule has 0 aliphatic rings. The van der Waals surface area contributed by atoms with Crippen LogP contribution < -0.4 is 5.32 Å². The molecule has 0 fully saturated rings. The number of carbonyl (C=O) groups excluding carboxylic acids is 3. The molecular weight excluding hydrogens is 313 g/mol. The van der Waals surface area contributed by atoms with Crippen molar-refractivity contribution in [2.24, 2.45) is 0 Å². The molecule has 0 aliphatic heterocycles. The molecule has 0 aliphatic carbocycles. The lowest BCUT2D eigenvalue weighted by molar-refractivity contribution is -0.123. The van der Waals surface area contributed by atoms with Gasteiger partial charge < -0.3 is 10.1 Å². The quantitative estimate of drug-likeness (QED) is 0.675. The normalized spacial score (nSPS) is 11.5. The lowest BCUT2D eigenvalue weighted by Gasteiger charge is -2.13. The highest BCUT2D eigenvalue weighted by Crippen LogP contribution is 2.12. The summed E-state index contributed by atoms with van der Waals surface area (Å²) in [7, 11) is 0. The number of carbonyl (C=O) groups is 3. The number of amides is 1. The average Bonchev–Trinajstić information content (AvgIpc) is 2.55. The predicted molar refractivity (Wildman–Crippen MR) is 86.4 cm³/mol. The van der Waals surface area contributed by atoms with Crippen LogP contribution in [-0.4, -0.2) is 23.8 Å². The van der Waals surface area contributed by atoms with E-state index in [0.29, 0.717) is 11.3 Å². The van der Waals surface area contributed by atoms with Crippen LogP contribution in [-0.2, 0) is 9.53 Å². The van der Waals surface area contributed by atoms with Crippen molar-refractivity contribution in [3.05, 3.63) is 65.5 Å². The summed E-state index contributed by atoms with van der Waals surface area (Å²) in [4.78, 5) is 35.1. The molecule has 0 radical (unpaired) electrons. The minimum atomic E-state index is -1.06. The number of benzene rings is 2. The van der Waals surface area contributed by atoms with E-state index < -0.39 is 23.8 Å². The summed E-state index contributed by atoms with van der Waals surface area (Å²) in [6, 6.07) is 11.4. The minimum absolute atomic E-state index is 0.0282. The van der Waals surface area contributed by atoms with Crippen LogP contribution in [0.15, 0.2) is 48.5 Å². The standard InChI is InChI=1S/C18H16FNO4/c1-11(21)13-6-8-16(9-7-13)20-17(22)12(2)24-18(23)14-4-3-5-15(19)10-14/h3-10,12H,1-2H3,(H,20,22). The number of anilines is 1. The van der Waals surface area contributed by atoms with Gasteiger partial charge >= 0.3 is 5.97 Å². The number of hydrogen-bond acceptors (Lipinski definition) is 4. The topological polar surface area (TPSA) is 72.5 Å². The van der Waals surface area contributed by atoms with Gasteiger partial charge in [0.2, 0.25) is 0 Å². The molecule has 6 heteroatoms. The largest absolute Gasteiger partial charge is 0.449 e. The van der Waals surface area contributed by atoms with E-state index in [2.05, 4.69) is 5.32 Å². The Morgan fingerprint density at radius 2 is 1.71 bits per heavy atom. The molecule has 0 saturated heterocycles. The van der Waals surface area contributed by atoms with Crippen molar-refractivity contribution in [3.8, 4) is 0 Å². The molecule has 5 nitrogen and oxygen atoms in total. The predicted octanol–water partition coefficient (Wildman–Crippen LogP) is 3.21. The van der Waals surface area contributed by atoms with Gasteiger partial charge in [0.25, 0.3) is 5.91 Å². The van der Waals surface area contributed by atoms with Gasteiger partial charge in [-0.15, -0.1) is 0 Å². The van der Waals surface area contributed by atoms with Crippen LogP contribution in [0.4, 0.5) is 10.1 Å². The van der Waals surface area contributed by atoms with Crippen molar-refractivity contribution in [1.82, 2.24) is 0 Å². The van der Waals surface area contributed by atoms with Gasteiger partial charge in [0.15, 0.2) is 11.9 Å². The SMILES string of the molecule is CC(=O)c1ccc(NC(=O)C(C)OC(=O)c2cccc(F)c2)cc1. The third kappa shape index (κ3) is 4.49. The second kappa shape index (κ2) is 7.50. The smallest absolute Gasteiger partial charge is 0.339 e. The molecule has 2 aromatic rings. The fourth-order valence-electron chi connectivity index (χ4n) is 1.93. The lowest BCUT2D eigenvalue weighted by Crippen LogP contribution is -2.30. The Morgan fingerprint density at radius 3 is 2.29 bits per heavy atom. The number of ether oxygens (including phenoxy) is 1. The summed E-state index contributed by atoms with van der Waals surface area (Å²) >= 11 is 0. The van der Waals surface area contributed by atoms with E-state index in [1.807, 2.05) is 0 Å². The highest BCUT2D eigenvalue weighted by atomic mass is 19.1. The number of esters is 1. The van der Waals surface area contributed by atoms with Crippen LogP contribution in [0.5, 0.6) is 0 Å². The van der Waals surface area contributed by atoms with Gasteiger partial charge in [0, 0.05) is 11.3 Å². The molecule has 2 aromatic carbocycles. The van der Waals surface area contributed by atoms with Crippen LogP contribution in [0.2, 0.25) is 0 Å². The summed E-state index contributed by atoms with van der Waals surface area (Å²) in [5.41, 5.74) is 1.03. The zero-order chi connectivity index (χ0) is 17.7. The maximum Gasteiger partial charge on any atom is 0.339 e. The molecule has 2 rings (SSSR count). The van der Waals surface area contributed by atoms with Gasteiger partial charge in [0.05, 0.1) is 5.56 Å². The summed E-state index contributed by atoms with van der Waals surface area (Å²) < 4.78 is 18.1. The molecular formula is C18H16FNO4. The molecule has 1 atom stereocenters. The highest BCUT2D eigenvalue weighted by Gasteiger charge is 2.19. The number of halogens is 1. The maximum absolute atomic E-state index is 13.1. The lowest BCUT2D eigenvalue weighted by atomic mass is 10.1. The van der Waals surface area contributed by atoms with E-state index in [4.69, 9.17) is 4.74 Å². The fourth-order valence-corrected chi connectivity index (χ4v) is 1.93. The Kier molecular flexibility index (Phi) is 5.42. The zero-order valence-corrected chi connectivity index (χ0v) is 13.2. The van der Waals surface area contributed by atoms with Crippen molar-refractivity contribution in [2.45, 2.75) is 20.0 Å². The number of rotatable bonds is 5. The van der Waals surface area contributed by atoms with Crippen molar-refractivity contribution in [3.63, 3.8) is 0 Å². The molecule has 0 spiro atoms. The van der Waals surface area contributed by atoms with Crippen molar-refractivity contribution in [1.29, 1.82) is 0 Å². The Labute approximate surface area is 138 Å². The number of ketones is 1. The molecule has 124 valence electrons. The molecule has 0 aromatic heterocycles. The van der Waals surface area contributed by atoms with E-state index in [0.717, 1.165) is 6.07 Å². The molecule has 1 unspecified atom stereocenters. The van der Waals surface area contributed by atoms with Gasteiger partial charge in [0.1, 0.15) is 5.82 Å². The third-order valence-corrected chi connectivity index (χ3v) is 3.27. The molecule has 0 bridgehead atoms. The second-order valence-electron chi connectivity index (χ2n) is 5.18. The number of hydrogen-bond donors (Lipinski definition) is 1. The zero-order valence-electron chi connectivity index (χ0n) is 13.2. The first-order chi connectivity index (χ1) is 11.4. The molecule has 1 N–H and O–H groups in total. The molecule has 0 saturated carbocycles. The molecule has 0 heterocycles. The van der Waals surface area contributed by atoms with Crippen molar-refractivity contribution in [2.75, 3.05) is 5.32 Å². The maximum atomic E-state index is 13.1. The van der Waals surface area contributed by atoms with Gasteiger partial charge in [-0.05, 0) is 56.3 Å². The summed E-state index contributed by atoms with van der Waals surface area (Å²) in [5, 5.41) is 2.57. The summed E-state index contributed by atoms with van der Waals surface area (Å²) in [5.74, 6) is -1.96. The monoisotopic (exact) mass is 329 g/mol. The molecule has 24 heavy (non-hydrogen) atoms. The number of Topliss-reactive ketones (excluding diaryl/α,β-unsaturated/α-hetero) is 1. The molecule has 1 amide bonds. The minimum Gasteiger partial charge on any atom is -0.449 e. The van der Waals surface area contributed by atoms with Crippen LogP contribution in [0.1, 0.15) is 34.6 Å². The first kappa shape index (κ1) is 17.3. The van der Waals surface area contributed by atoms with Gasteiger partial charge in [-0.25, -0.2) is 9.18 Å². The van der Waals surface area contributed by atoms with Crippen molar-refractivity contribution >= 4 is 23.3 Å². The Bertz CT molecular complexity index is 771. The van der Waals surface area contributed by atoms with E-state index >= 15 is 0 Å². The van der Waals surface area contributed by atoms with E-state index in [9.17, 15) is 18.8 Å². The summed E-state index contributed by atoms with van der Waals surface area (Å²) in [6.07, 6.45) is -1.06. The van der Waals surface area contributed by atoms with Crippen LogP contribution in [0, 0.1) is 5.82 Å². The van der Waals surface area contributed by atoms with Gasteiger partial charge in [-0.1, -0.05) is 6.07 Å². The van der Waals surface area contributed by atoms with E-state index in [-0.39, 0.29) is 11.3 Å².